The van der Waals surface area contributed by atoms with E-state index in [1.54, 1.807) is 27.1 Å². The molecule has 10 heteroatoms. The molecule has 2 amide bonds. The first-order chi connectivity index (χ1) is 18.7. The topological polar surface area (TPSA) is 83.1 Å². The maximum absolute atomic E-state index is 13.7. The normalized spacial score (nSPS) is 13.0. The fourth-order valence-corrected chi connectivity index (χ4v) is 4.93. The third-order valence-corrected chi connectivity index (χ3v) is 7.39. The zero-order valence-electron chi connectivity index (χ0n) is 22.7. The molecular weight excluding hydrogens is 531 g/mol. The maximum atomic E-state index is 13.7. The van der Waals surface area contributed by atoms with Crippen LogP contribution in [0.1, 0.15) is 34.0 Å². The lowest BCUT2D eigenvalue weighted by atomic mass is 10.1. The zero-order chi connectivity index (χ0) is 28.1. The van der Waals surface area contributed by atoms with Crippen LogP contribution in [0.5, 0.6) is 11.5 Å². The third kappa shape index (κ3) is 6.49. The summed E-state index contributed by atoms with van der Waals surface area (Å²) in [6.45, 7) is 2.66. The predicted octanol–water partition coefficient (Wildman–Crippen LogP) is 4.68. The van der Waals surface area contributed by atoms with E-state index in [0.717, 1.165) is 28.8 Å². The number of para-hydroxylation sites is 1. The van der Waals surface area contributed by atoms with Crippen LogP contribution in [0.4, 0.5) is 17.1 Å². The molecule has 39 heavy (non-hydrogen) atoms. The van der Waals surface area contributed by atoms with Gasteiger partial charge >= 0.3 is 0 Å². The van der Waals surface area contributed by atoms with E-state index in [0.29, 0.717) is 40.7 Å². The summed E-state index contributed by atoms with van der Waals surface area (Å²) in [6.07, 6.45) is 0.827. The van der Waals surface area contributed by atoms with E-state index in [2.05, 4.69) is 38.7 Å². The second kappa shape index (κ2) is 12.7. The summed E-state index contributed by atoms with van der Waals surface area (Å²) in [7, 11) is 7.77. The fourth-order valence-electron chi connectivity index (χ4n) is 4.53. The van der Waals surface area contributed by atoms with Crippen molar-refractivity contribution in [3.63, 3.8) is 0 Å². The van der Waals surface area contributed by atoms with Gasteiger partial charge in [-0.3, -0.25) is 9.59 Å². The van der Waals surface area contributed by atoms with Crippen LogP contribution < -0.4 is 29.7 Å². The zero-order valence-corrected chi connectivity index (χ0v) is 24.7. The van der Waals surface area contributed by atoms with Gasteiger partial charge in [-0.2, -0.15) is 12.6 Å². The quantitative estimate of drug-likeness (QED) is 0.244. The molecule has 0 aromatic heterocycles. The Morgan fingerprint density at radius 1 is 1.13 bits per heavy atom. The molecule has 3 aromatic carbocycles. The average molecular weight is 567 g/mol. The first-order valence-electron chi connectivity index (χ1n) is 12.7. The Balaban J connectivity index is 1.60. The molecule has 1 unspecified atom stereocenters. The molecule has 1 aliphatic heterocycles. The Morgan fingerprint density at radius 3 is 2.56 bits per heavy atom. The fraction of sp³-hybridized carbons (Fsp3) is 0.310. The predicted molar refractivity (Wildman–Crippen MR) is 164 cm³/mol. The van der Waals surface area contributed by atoms with E-state index >= 15 is 0 Å². The van der Waals surface area contributed by atoms with Crippen LogP contribution in [0.15, 0.2) is 54.6 Å². The van der Waals surface area contributed by atoms with Crippen molar-refractivity contribution in [3.05, 3.63) is 76.9 Å². The van der Waals surface area contributed by atoms with Gasteiger partial charge in [0.2, 0.25) is 5.91 Å². The summed E-state index contributed by atoms with van der Waals surface area (Å²) < 4.78 is 13.7. The minimum atomic E-state index is -0.328. The van der Waals surface area contributed by atoms with Crippen LogP contribution in [0.2, 0.25) is 0 Å². The van der Waals surface area contributed by atoms with Crippen LogP contribution in [0.25, 0.3) is 0 Å². The Kier molecular flexibility index (Phi) is 9.38. The highest BCUT2D eigenvalue weighted by atomic mass is 32.1. The molecule has 4 rings (SSSR count). The smallest absolute Gasteiger partial charge is 0.260 e. The van der Waals surface area contributed by atoms with Crippen molar-refractivity contribution >= 4 is 50.9 Å². The van der Waals surface area contributed by atoms with Gasteiger partial charge in [0.1, 0.15) is 6.61 Å². The number of carbonyl (C=O) groups is 2. The minimum absolute atomic E-state index is 0.0910. The summed E-state index contributed by atoms with van der Waals surface area (Å²) in [4.78, 5) is 27.9. The number of nitrogens with one attached hydrogen (secondary N) is 2. The Labute approximate surface area is 237 Å². The highest BCUT2D eigenvalue weighted by Crippen LogP contribution is 2.39. The van der Waals surface area contributed by atoms with Crippen LogP contribution in [0.3, 0.4) is 0 Å². The van der Waals surface area contributed by atoms with Crippen molar-refractivity contribution in [1.82, 2.24) is 5.32 Å². The average Bonchev–Trinajstić information content (AvgIpc) is 3.38. The molecule has 0 radical (unpaired) electrons. The van der Waals surface area contributed by atoms with Crippen molar-refractivity contribution in [2.24, 2.45) is 0 Å². The molecule has 8 nitrogen and oxygen atoms in total. The van der Waals surface area contributed by atoms with Gasteiger partial charge in [-0.05, 0) is 70.7 Å². The molecule has 0 saturated carbocycles. The molecule has 2 atom stereocenters. The number of carbonyl (C=O) groups excluding carboxylic acids is 2. The standard InChI is InChI=1S/C29H35N4O4PS/c1-18(30-2)28(34)31-22-12-19(11-20(13-22)17-39)16-37-27-15-25(32(3)38)23(14-26(27)36-4)29(35)33-10-9-21-7-5-6-8-24(21)33/h5-8,11-15,18,30,39H,9-10,16-17,38H2,1-4H3,(H,31,34)/t18-/m0/s1. The molecule has 0 bridgehead atoms. The molecule has 0 saturated heterocycles. The van der Waals surface area contributed by atoms with Gasteiger partial charge in [0.15, 0.2) is 11.5 Å². The van der Waals surface area contributed by atoms with Gasteiger partial charge in [0.25, 0.3) is 5.91 Å². The van der Waals surface area contributed by atoms with Crippen LogP contribution >= 0.6 is 22.0 Å². The molecule has 0 spiro atoms. The molecule has 0 aliphatic carbocycles. The molecule has 2 N–H and O–H groups in total. The highest BCUT2D eigenvalue weighted by Gasteiger charge is 2.28. The lowest BCUT2D eigenvalue weighted by molar-refractivity contribution is -0.117. The molecule has 0 fully saturated rings. The monoisotopic (exact) mass is 566 g/mol. The first-order valence-corrected chi connectivity index (χ1v) is 13.9. The van der Waals surface area contributed by atoms with Crippen molar-refractivity contribution in [1.29, 1.82) is 0 Å². The number of methoxy groups -OCH3 is 1. The molecule has 206 valence electrons. The van der Waals surface area contributed by atoms with Crippen LogP contribution in [-0.4, -0.2) is 45.6 Å². The van der Waals surface area contributed by atoms with Gasteiger partial charge in [0.05, 0.1) is 24.4 Å². The summed E-state index contributed by atoms with van der Waals surface area (Å²) in [5.41, 5.74) is 5.82. The van der Waals surface area contributed by atoms with Gasteiger partial charge in [-0.25, -0.2) is 0 Å². The number of amides is 2. The van der Waals surface area contributed by atoms with E-state index in [-0.39, 0.29) is 24.5 Å². The SMILES string of the molecule is CN[C@@H](C)C(=O)Nc1cc(CS)cc(COc2cc(N(C)P)c(C(=O)N3CCc4ccccc43)cc2OC)c1. The number of benzene rings is 3. The number of rotatable bonds is 10. The van der Waals surface area contributed by atoms with Crippen molar-refractivity contribution in [2.45, 2.75) is 31.7 Å². The van der Waals surface area contributed by atoms with Gasteiger partial charge < -0.3 is 29.7 Å². The van der Waals surface area contributed by atoms with Crippen LogP contribution in [0, 0.1) is 0 Å². The second-order valence-electron chi connectivity index (χ2n) is 9.45. The highest BCUT2D eigenvalue weighted by molar-refractivity contribution is 7.79. The number of fused-ring (bicyclic) bond motifs is 1. The Bertz CT molecular complexity index is 1370. The molecule has 1 aliphatic rings. The number of hydrogen-bond donors (Lipinski definition) is 3. The summed E-state index contributed by atoms with van der Waals surface area (Å²) >= 11 is 4.41. The largest absolute Gasteiger partial charge is 0.493 e. The van der Waals surface area contributed by atoms with Crippen molar-refractivity contribution < 1.29 is 19.1 Å². The number of thiol groups is 1. The van der Waals surface area contributed by atoms with Gasteiger partial charge in [-0.1, -0.05) is 24.3 Å². The van der Waals surface area contributed by atoms with E-state index < -0.39 is 0 Å². The summed E-state index contributed by atoms with van der Waals surface area (Å²) in [5.74, 6) is 1.26. The third-order valence-electron chi connectivity index (χ3n) is 6.75. The molecule has 3 aromatic rings. The molecular formula is C29H35N4O4PS. The summed E-state index contributed by atoms with van der Waals surface area (Å²) in [6, 6.07) is 17.0. The lowest BCUT2D eigenvalue weighted by Gasteiger charge is -2.24. The van der Waals surface area contributed by atoms with E-state index in [1.165, 1.54) is 0 Å². The van der Waals surface area contributed by atoms with E-state index in [1.807, 2.05) is 59.1 Å². The molecule has 1 heterocycles. The number of anilines is 3. The number of nitrogens with zero attached hydrogens (tertiary/aromatic N) is 2. The van der Waals surface area contributed by atoms with E-state index in [4.69, 9.17) is 9.47 Å². The van der Waals surface area contributed by atoms with Gasteiger partial charge in [-0.15, -0.1) is 0 Å². The number of hydrogen-bond acceptors (Lipinski definition) is 7. The van der Waals surface area contributed by atoms with Crippen molar-refractivity contribution in [3.8, 4) is 11.5 Å². The maximum Gasteiger partial charge on any atom is 0.260 e. The Hall–Kier alpha value is -3.26. The number of ether oxygens (including phenoxy) is 2. The van der Waals surface area contributed by atoms with Crippen molar-refractivity contribution in [2.75, 3.05) is 42.6 Å². The number of likely N-dealkylation sites (N-methyl/N-ethyl adjacent to an activating group) is 1. The summed E-state index contributed by atoms with van der Waals surface area (Å²) in [5, 5.41) is 5.88. The lowest BCUT2D eigenvalue weighted by Crippen LogP contribution is -2.35. The minimum Gasteiger partial charge on any atom is -0.493 e. The van der Waals surface area contributed by atoms with Gasteiger partial charge in [0, 0.05) is 36.8 Å². The first kappa shape index (κ1) is 28.7. The van der Waals surface area contributed by atoms with E-state index in [9.17, 15) is 9.59 Å². The van der Waals surface area contributed by atoms with Crippen LogP contribution in [-0.2, 0) is 23.6 Å². The Morgan fingerprint density at radius 2 is 1.87 bits per heavy atom. The second-order valence-corrected chi connectivity index (χ2v) is 10.5.